The fraction of sp³-hybridized carbons (Fsp3) is 0.818. The summed E-state index contributed by atoms with van der Waals surface area (Å²) in [6, 6.07) is -0.0531. The third-order valence-corrected chi connectivity index (χ3v) is 2.78. The number of carboxylic acids is 1. The van der Waals surface area contributed by atoms with Gasteiger partial charge in [0, 0.05) is 26.2 Å². The normalized spacial score (nSPS) is 22.9. The summed E-state index contributed by atoms with van der Waals surface area (Å²) in [5.41, 5.74) is 0. The lowest BCUT2D eigenvalue weighted by atomic mass is 10.1. The Hall–Kier alpha value is -1.10. The summed E-state index contributed by atoms with van der Waals surface area (Å²) in [4.78, 5) is 25.9. The van der Waals surface area contributed by atoms with Crippen molar-refractivity contribution >= 4 is 11.9 Å². The fourth-order valence-corrected chi connectivity index (χ4v) is 2.03. The van der Waals surface area contributed by atoms with Gasteiger partial charge in [-0.3, -0.25) is 14.5 Å². The van der Waals surface area contributed by atoms with Gasteiger partial charge >= 0.3 is 5.97 Å². The summed E-state index contributed by atoms with van der Waals surface area (Å²) in [7, 11) is 1.73. The molecule has 92 valence electrons. The molecule has 1 aliphatic heterocycles. The van der Waals surface area contributed by atoms with Gasteiger partial charge in [-0.25, -0.2) is 0 Å². The van der Waals surface area contributed by atoms with Crippen LogP contribution in [0.1, 0.15) is 20.3 Å². The third-order valence-electron chi connectivity index (χ3n) is 2.78. The summed E-state index contributed by atoms with van der Waals surface area (Å²) in [6.07, 6.45) is 0.102. The highest BCUT2D eigenvalue weighted by atomic mass is 16.4. The van der Waals surface area contributed by atoms with E-state index in [1.165, 1.54) is 0 Å². The summed E-state index contributed by atoms with van der Waals surface area (Å²) in [5, 5.41) is 8.84. The molecule has 16 heavy (non-hydrogen) atoms. The molecular weight excluding hydrogens is 208 g/mol. The molecule has 0 aliphatic carbocycles. The second-order valence-corrected chi connectivity index (χ2v) is 4.85. The van der Waals surface area contributed by atoms with Crippen LogP contribution in [0, 0.1) is 5.92 Å². The number of hydrogen-bond donors (Lipinski definition) is 1. The molecule has 1 amide bonds. The largest absolute Gasteiger partial charge is 0.481 e. The van der Waals surface area contributed by atoms with Gasteiger partial charge in [-0.15, -0.1) is 0 Å². The first-order valence-corrected chi connectivity index (χ1v) is 5.60. The number of rotatable bonds is 4. The first kappa shape index (κ1) is 13.0. The Morgan fingerprint density at radius 1 is 1.56 bits per heavy atom. The summed E-state index contributed by atoms with van der Waals surface area (Å²) < 4.78 is 0. The predicted molar refractivity (Wildman–Crippen MR) is 60.1 cm³/mol. The van der Waals surface area contributed by atoms with Gasteiger partial charge in [0.15, 0.2) is 0 Å². The molecule has 1 fully saturated rings. The Bertz CT molecular complexity index is 278. The molecule has 1 unspecified atom stereocenters. The second-order valence-electron chi connectivity index (χ2n) is 4.85. The van der Waals surface area contributed by atoms with Crippen molar-refractivity contribution in [1.82, 2.24) is 9.80 Å². The van der Waals surface area contributed by atoms with Crippen LogP contribution in [0.3, 0.4) is 0 Å². The Kier molecular flexibility index (Phi) is 4.29. The molecule has 0 radical (unpaired) electrons. The quantitative estimate of drug-likeness (QED) is 0.749. The van der Waals surface area contributed by atoms with E-state index in [1.54, 1.807) is 11.9 Å². The Morgan fingerprint density at radius 2 is 2.19 bits per heavy atom. The Balaban J connectivity index is 2.67. The first-order valence-electron chi connectivity index (χ1n) is 5.60. The first-order chi connectivity index (χ1) is 7.40. The van der Waals surface area contributed by atoms with Crippen LogP contribution in [-0.2, 0) is 9.59 Å². The third kappa shape index (κ3) is 3.48. The predicted octanol–water partition coefficient (Wildman–Crippen LogP) is 0.260. The average Bonchev–Trinajstić information content (AvgIpc) is 2.11. The van der Waals surface area contributed by atoms with Crippen LogP contribution < -0.4 is 0 Å². The number of amides is 1. The molecule has 0 bridgehead atoms. The zero-order chi connectivity index (χ0) is 12.3. The monoisotopic (exact) mass is 228 g/mol. The minimum atomic E-state index is -0.804. The van der Waals surface area contributed by atoms with Crippen LogP contribution in [0.4, 0.5) is 0 Å². The van der Waals surface area contributed by atoms with Crippen molar-refractivity contribution in [3.63, 3.8) is 0 Å². The fourth-order valence-electron chi connectivity index (χ4n) is 2.03. The van der Waals surface area contributed by atoms with Crippen molar-refractivity contribution in [1.29, 1.82) is 0 Å². The van der Waals surface area contributed by atoms with E-state index in [2.05, 4.69) is 13.8 Å². The van der Waals surface area contributed by atoms with Crippen LogP contribution in [-0.4, -0.2) is 59.5 Å². The van der Waals surface area contributed by atoms with Crippen LogP contribution in [0.15, 0.2) is 0 Å². The van der Waals surface area contributed by atoms with Gasteiger partial charge in [-0.05, 0) is 5.92 Å². The lowest BCUT2D eigenvalue weighted by Gasteiger charge is -2.39. The van der Waals surface area contributed by atoms with Crippen molar-refractivity contribution in [3.8, 4) is 0 Å². The molecule has 5 heteroatoms. The number of hydrogen-bond acceptors (Lipinski definition) is 3. The van der Waals surface area contributed by atoms with Gasteiger partial charge in [0.2, 0.25) is 5.91 Å². The molecule has 1 atom stereocenters. The van der Waals surface area contributed by atoms with Crippen LogP contribution in [0.2, 0.25) is 0 Å². The lowest BCUT2D eigenvalue weighted by molar-refractivity contribution is -0.144. The number of carbonyl (C=O) groups excluding carboxylic acids is 1. The maximum atomic E-state index is 11.6. The van der Waals surface area contributed by atoms with Crippen molar-refractivity contribution in [2.45, 2.75) is 26.3 Å². The van der Waals surface area contributed by atoms with Gasteiger partial charge in [0.05, 0.1) is 13.0 Å². The lowest BCUT2D eigenvalue weighted by Crippen LogP contribution is -2.56. The smallest absolute Gasteiger partial charge is 0.305 e. The molecular formula is C11H20N2O3. The van der Waals surface area contributed by atoms with E-state index < -0.39 is 5.97 Å². The number of piperazine rings is 1. The van der Waals surface area contributed by atoms with Crippen molar-refractivity contribution in [2.24, 2.45) is 5.92 Å². The summed E-state index contributed by atoms with van der Waals surface area (Å²) in [6.45, 7) is 5.77. The SMILES string of the molecule is CC(C)CN1CC(=O)N(C)CC1CC(=O)O. The van der Waals surface area contributed by atoms with E-state index in [9.17, 15) is 9.59 Å². The van der Waals surface area contributed by atoms with Crippen molar-refractivity contribution < 1.29 is 14.7 Å². The molecule has 0 saturated carbocycles. The number of carbonyl (C=O) groups is 2. The van der Waals surface area contributed by atoms with E-state index in [1.807, 2.05) is 4.90 Å². The maximum absolute atomic E-state index is 11.6. The van der Waals surface area contributed by atoms with Crippen LogP contribution in [0.5, 0.6) is 0 Å². The molecule has 1 aliphatic rings. The Morgan fingerprint density at radius 3 is 2.69 bits per heavy atom. The topological polar surface area (TPSA) is 60.9 Å². The molecule has 0 aromatic rings. The molecule has 0 aromatic carbocycles. The van der Waals surface area contributed by atoms with E-state index in [-0.39, 0.29) is 18.4 Å². The number of likely N-dealkylation sites (N-methyl/N-ethyl adjacent to an activating group) is 1. The molecule has 1 N–H and O–H groups in total. The van der Waals surface area contributed by atoms with Crippen molar-refractivity contribution in [2.75, 3.05) is 26.7 Å². The molecule has 1 rings (SSSR count). The molecule has 0 aromatic heterocycles. The minimum absolute atomic E-state index is 0.0531. The molecule has 1 heterocycles. The van der Waals surface area contributed by atoms with Gasteiger partial charge in [0.25, 0.3) is 0 Å². The maximum Gasteiger partial charge on any atom is 0.305 e. The van der Waals surface area contributed by atoms with Crippen molar-refractivity contribution in [3.05, 3.63) is 0 Å². The summed E-state index contributed by atoms with van der Waals surface area (Å²) >= 11 is 0. The average molecular weight is 228 g/mol. The van der Waals surface area contributed by atoms with Gasteiger partial charge < -0.3 is 10.0 Å². The second kappa shape index (κ2) is 5.30. The zero-order valence-electron chi connectivity index (χ0n) is 10.1. The minimum Gasteiger partial charge on any atom is -0.481 e. The van der Waals surface area contributed by atoms with E-state index in [0.29, 0.717) is 19.0 Å². The number of carboxylic acid groups (broad SMARTS) is 1. The Labute approximate surface area is 96.0 Å². The molecule has 0 spiro atoms. The van der Waals surface area contributed by atoms with Crippen LogP contribution in [0.25, 0.3) is 0 Å². The zero-order valence-corrected chi connectivity index (χ0v) is 10.1. The highest BCUT2D eigenvalue weighted by Crippen LogP contribution is 2.14. The van der Waals surface area contributed by atoms with E-state index >= 15 is 0 Å². The number of nitrogens with zero attached hydrogens (tertiary/aromatic N) is 2. The van der Waals surface area contributed by atoms with Gasteiger partial charge in [-0.2, -0.15) is 0 Å². The molecule has 5 nitrogen and oxygen atoms in total. The molecule has 1 saturated heterocycles. The van der Waals surface area contributed by atoms with Crippen LogP contribution >= 0.6 is 0 Å². The van der Waals surface area contributed by atoms with E-state index in [4.69, 9.17) is 5.11 Å². The summed E-state index contributed by atoms with van der Waals surface area (Å²) in [5.74, 6) is -0.295. The standard InChI is InChI=1S/C11H20N2O3/c1-8(2)5-13-7-10(14)12(3)6-9(13)4-11(15)16/h8-9H,4-7H2,1-3H3,(H,15,16). The van der Waals surface area contributed by atoms with Gasteiger partial charge in [0.1, 0.15) is 0 Å². The highest BCUT2D eigenvalue weighted by molar-refractivity contribution is 5.79. The number of aliphatic carboxylic acids is 1. The highest BCUT2D eigenvalue weighted by Gasteiger charge is 2.31. The van der Waals surface area contributed by atoms with Gasteiger partial charge in [-0.1, -0.05) is 13.8 Å². The van der Waals surface area contributed by atoms with E-state index in [0.717, 1.165) is 6.54 Å².